The number of alkyl halides is 2. The lowest BCUT2D eigenvalue weighted by molar-refractivity contribution is -0.0512. The van der Waals surface area contributed by atoms with Crippen LogP contribution >= 0.6 is 0 Å². The molecule has 1 aromatic carbocycles. The number of carbonyl (C=O) groups is 1. The predicted molar refractivity (Wildman–Crippen MR) is 75.5 cm³/mol. The van der Waals surface area contributed by atoms with E-state index in [1.165, 1.54) is 25.3 Å². The summed E-state index contributed by atoms with van der Waals surface area (Å²) < 4.78 is 35.4. The summed E-state index contributed by atoms with van der Waals surface area (Å²) in [5.41, 5.74) is 0.642. The number of anilines is 1. The van der Waals surface area contributed by atoms with E-state index in [1.54, 1.807) is 16.9 Å². The number of hydrogen-bond acceptors (Lipinski definition) is 4. The lowest BCUT2D eigenvalue weighted by atomic mass is 10.2. The van der Waals surface area contributed by atoms with Crippen LogP contribution in [0.5, 0.6) is 11.5 Å². The number of methoxy groups -OCH3 is 1. The maximum Gasteiger partial charge on any atom is 0.387 e. The molecule has 118 valence electrons. The summed E-state index contributed by atoms with van der Waals surface area (Å²) in [6, 6.07) is 5.72. The van der Waals surface area contributed by atoms with Crippen LogP contribution in [-0.2, 0) is 6.54 Å². The quantitative estimate of drug-likeness (QED) is 0.891. The molecule has 0 saturated heterocycles. The zero-order valence-corrected chi connectivity index (χ0v) is 12.0. The van der Waals surface area contributed by atoms with E-state index in [0.29, 0.717) is 12.2 Å². The molecule has 0 atom stereocenters. The molecule has 2 rings (SSSR count). The number of nitrogens with zero attached hydrogens (tertiary/aromatic N) is 2. The highest BCUT2D eigenvalue weighted by atomic mass is 19.3. The van der Waals surface area contributed by atoms with Gasteiger partial charge >= 0.3 is 6.61 Å². The summed E-state index contributed by atoms with van der Waals surface area (Å²) in [6.07, 6.45) is 1.69. The van der Waals surface area contributed by atoms with Crippen LogP contribution in [0, 0.1) is 0 Å². The van der Waals surface area contributed by atoms with Crippen molar-refractivity contribution in [2.24, 2.45) is 0 Å². The number of halogens is 2. The fraction of sp³-hybridized carbons (Fsp3) is 0.286. The SMILES string of the molecule is CCn1ccc(C(=O)Nc2ccc(OC(F)F)c(OC)c2)n1. The molecule has 8 heteroatoms. The number of carbonyl (C=O) groups excluding carboxylic acids is 1. The third-order valence-corrected chi connectivity index (χ3v) is 2.83. The van der Waals surface area contributed by atoms with Crippen LogP contribution in [0.4, 0.5) is 14.5 Å². The van der Waals surface area contributed by atoms with E-state index in [4.69, 9.17) is 4.74 Å². The van der Waals surface area contributed by atoms with Crippen molar-refractivity contribution in [1.29, 1.82) is 0 Å². The monoisotopic (exact) mass is 311 g/mol. The van der Waals surface area contributed by atoms with Crippen molar-refractivity contribution in [2.45, 2.75) is 20.1 Å². The highest BCUT2D eigenvalue weighted by molar-refractivity contribution is 6.02. The van der Waals surface area contributed by atoms with Gasteiger partial charge in [-0.2, -0.15) is 13.9 Å². The van der Waals surface area contributed by atoms with E-state index in [-0.39, 0.29) is 17.2 Å². The topological polar surface area (TPSA) is 65.4 Å². The normalized spacial score (nSPS) is 10.6. The minimum atomic E-state index is -2.95. The van der Waals surface area contributed by atoms with E-state index in [0.717, 1.165) is 0 Å². The molecule has 1 amide bonds. The van der Waals surface area contributed by atoms with Gasteiger partial charge in [0.2, 0.25) is 0 Å². The Bertz CT molecular complexity index is 659. The van der Waals surface area contributed by atoms with Gasteiger partial charge in [0, 0.05) is 24.5 Å². The molecular weight excluding hydrogens is 296 g/mol. The number of hydrogen-bond donors (Lipinski definition) is 1. The van der Waals surface area contributed by atoms with Crippen molar-refractivity contribution in [3.05, 3.63) is 36.2 Å². The Hall–Kier alpha value is -2.64. The molecular formula is C14H15F2N3O3. The highest BCUT2D eigenvalue weighted by Crippen LogP contribution is 2.31. The van der Waals surface area contributed by atoms with Gasteiger partial charge in [-0.3, -0.25) is 9.48 Å². The Morgan fingerprint density at radius 3 is 2.73 bits per heavy atom. The van der Waals surface area contributed by atoms with Crippen molar-refractivity contribution in [2.75, 3.05) is 12.4 Å². The minimum Gasteiger partial charge on any atom is -0.493 e. The lowest BCUT2D eigenvalue weighted by Crippen LogP contribution is -2.13. The molecule has 0 fully saturated rings. The summed E-state index contributed by atoms with van der Waals surface area (Å²) in [6.45, 7) is -0.394. The van der Waals surface area contributed by atoms with Crippen LogP contribution in [0.2, 0.25) is 0 Å². The number of aromatic nitrogens is 2. The second-order valence-electron chi connectivity index (χ2n) is 4.25. The van der Waals surface area contributed by atoms with Gasteiger partial charge in [-0.15, -0.1) is 0 Å². The average Bonchev–Trinajstić information content (AvgIpc) is 2.97. The smallest absolute Gasteiger partial charge is 0.387 e. The zero-order valence-electron chi connectivity index (χ0n) is 12.0. The molecule has 6 nitrogen and oxygen atoms in total. The van der Waals surface area contributed by atoms with Gasteiger partial charge in [0.05, 0.1) is 7.11 Å². The minimum absolute atomic E-state index is 0.0946. The number of benzene rings is 1. The molecule has 0 unspecified atom stereocenters. The molecule has 0 aliphatic carbocycles. The Morgan fingerprint density at radius 1 is 1.36 bits per heavy atom. The molecule has 0 spiro atoms. The van der Waals surface area contributed by atoms with Gasteiger partial charge < -0.3 is 14.8 Å². The van der Waals surface area contributed by atoms with E-state index >= 15 is 0 Å². The Morgan fingerprint density at radius 2 is 2.14 bits per heavy atom. The first-order valence-corrected chi connectivity index (χ1v) is 6.51. The van der Waals surface area contributed by atoms with Crippen molar-refractivity contribution in [3.8, 4) is 11.5 Å². The zero-order chi connectivity index (χ0) is 16.1. The first-order chi connectivity index (χ1) is 10.5. The summed E-state index contributed by atoms with van der Waals surface area (Å²) >= 11 is 0. The van der Waals surface area contributed by atoms with Gasteiger partial charge in [0.15, 0.2) is 17.2 Å². The first kappa shape index (κ1) is 15.7. The van der Waals surface area contributed by atoms with Crippen LogP contribution in [0.15, 0.2) is 30.5 Å². The summed E-state index contributed by atoms with van der Waals surface area (Å²) in [5.74, 6) is -0.417. The van der Waals surface area contributed by atoms with Gasteiger partial charge in [-0.05, 0) is 25.1 Å². The maximum atomic E-state index is 12.2. The number of aryl methyl sites for hydroxylation is 1. The number of amides is 1. The lowest BCUT2D eigenvalue weighted by Gasteiger charge is -2.11. The molecule has 22 heavy (non-hydrogen) atoms. The molecule has 0 bridgehead atoms. The summed E-state index contributed by atoms with van der Waals surface area (Å²) in [7, 11) is 1.32. The first-order valence-electron chi connectivity index (χ1n) is 6.51. The van der Waals surface area contributed by atoms with Crippen LogP contribution in [0.25, 0.3) is 0 Å². The molecule has 1 heterocycles. The number of nitrogens with one attached hydrogen (secondary N) is 1. The van der Waals surface area contributed by atoms with Gasteiger partial charge in [-0.1, -0.05) is 0 Å². The van der Waals surface area contributed by atoms with Crippen molar-refractivity contribution in [3.63, 3.8) is 0 Å². The fourth-order valence-electron chi connectivity index (χ4n) is 1.79. The van der Waals surface area contributed by atoms with Crippen LogP contribution in [0.3, 0.4) is 0 Å². The second-order valence-corrected chi connectivity index (χ2v) is 4.25. The largest absolute Gasteiger partial charge is 0.493 e. The van der Waals surface area contributed by atoms with E-state index in [9.17, 15) is 13.6 Å². The van der Waals surface area contributed by atoms with Gasteiger partial charge in [-0.25, -0.2) is 0 Å². The molecule has 0 saturated carbocycles. The van der Waals surface area contributed by atoms with Crippen molar-refractivity contribution < 1.29 is 23.0 Å². The molecule has 0 radical (unpaired) electrons. The third kappa shape index (κ3) is 3.72. The number of ether oxygens (including phenoxy) is 2. The number of rotatable bonds is 6. The Balaban J connectivity index is 2.13. The highest BCUT2D eigenvalue weighted by Gasteiger charge is 2.14. The second kappa shape index (κ2) is 6.88. The van der Waals surface area contributed by atoms with E-state index in [2.05, 4.69) is 15.2 Å². The summed E-state index contributed by atoms with van der Waals surface area (Å²) in [5, 5.41) is 6.69. The van der Waals surface area contributed by atoms with E-state index in [1.807, 2.05) is 6.92 Å². The van der Waals surface area contributed by atoms with Crippen molar-refractivity contribution in [1.82, 2.24) is 9.78 Å². The Labute approximate surface area is 125 Å². The molecule has 0 aliphatic rings. The molecule has 1 N–H and O–H groups in total. The van der Waals surface area contributed by atoms with Crippen molar-refractivity contribution >= 4 is 11.6 Å². The molecule has 0 aliphatic heterocycles. The Kier molecular flexibility index (Phi) is 4.92. The van der Waals surface area contributed by atoms with Gasteiger partial charge in [0.25, 0.3) is 5.91 Å². The molecule has 1 aromatic heterocycles. The predicted octanol–water partition coefficient (Wildman–Crippen LogP) is 2.77. The molecule has 2 aromatic rings. The summed E-state index contributed by atoms with van der Waals surface area (Å²) in [4.78, 5) is 12.0. The van der Waals surface area contributed by atoms with Crippen LogP contribution in [0.1, 0.15) is 17.4 Å². The van der Waals surface area contributed by atoms with Crippen LogP contribution in [-0.4, -0.2) is 29.4 Å². The standard InChI is InChI=1S/C14H15F2N3O3/c1-3-19-7-6-10(18-19)13(20)17-9-4-5-11(22-14(15)16)12(8-9)21-2/h4-8,14H,3H2,1-2H3,(H,17,20). The average molecular weight is 311 g/mol. The maximum absolute atomic E-state index is 12.2. The van der Waals surface area contributed by atoms with E-state index < -0.39 is 12.5 Å². The third-order valence-electron chi connectivity index (χ3n) is 2.83. The fourth-order valence-corrected chi connectivity index (χ4v) is 1.79. The van der Waals surface area contributed by atoms with Gasteiger partial charge in [0.1, 0.15) is 0 Å². The van der Waals surface area contributed by atoms with Crippen LogP contribution < -0.4 is 14.8 Å².